The summed E-state index contributed by atoms with van der Waals surface area (Å²) in [6.45, 7) is 4.50. The molecular weight excluding hydrogens is 258 g/mol. The fourth-order valence-electron chi connectivity index (χ4n) is 3.91. The largest absolute Gasteiger partial charge is 0.497 e. The van der Waals surface area contributed by atoms with Crippen molar-refractivity contribution in [2.24, 2.45) is 0 Å². The molecule has 0 unspecified atom stereocenters. The van der Waals surface area contributed by atoms with E-state index in [9.17, 15) is 0 Å². The number of fused-ring (bicyclic) bond motifs is 5. The monoisotopic (exact) mass is 279 g/mol. The molecule has 2 aromatic carbocycles. The minimum Gasteiger partial charge on any atom is -0.497 e. The van der Waals surface area contributed by atoms with Crippen LogP contribution in [0, 0.1) is 0 Å². The first kappa shape index (κ1) is 12.8. The lowest BCUT2D eigenvalue weighted by Gasteiger charge is -2.16. The Balaban J connectivity index is 1.84. The van der Waals surface area contributed by atoms with Gasteiger partial charge in [-0.2, -0.15) is 0 Å². The molecule has 0 radical (unpaired) electrons. The molecule has 2 nitrogen and oxygen atoms in total. The molecule has 1 N–H and O–H groups in total. The second-order valence-corrected chi connectivity index (χ2v) is 6.47. The SMILES string of the molecule is COc1cc(C(C)C)c2c(c1)[C@@H]1Cc3ccccc3[C@@H]1N2. The highest BCUT2D eigenvalue weighted by Gasteiger charge is 2.40. The van der Waals surface area contributed by atoms with Crippen LogP contribution in [0.3, 0.4) is 0 Å². The Bertz CT molecular complexity index is 705. The van der Waals surface area contributed by atoms with E-state index in [4.69, 9.17) is 4.74 Å². The Morgan fingerprint density at radius 1 is 1.14 bits per heavy atom. The van der Waals surface area contributed by atoms with Gasteiger partial charge in [-0.3, -0.25) is 0 Å². The summed E-state index contributed by atoms with van der Waals surface area (Å²) < 4.78 is 5.53. The van der Waals surface area contributed by atoms with Crippen LogP contribution in [-0.2, 0) is 6.42 Å². The number of rotatable bonds is 2. The maximum absolute atomic E-state index is 5.53. The summed E-state index contributed by atoms with van der Waals surface area (Å²) in [5, 5.41) is 3.80. The van der Waals surface area contributed by atoms with Crippen LogP contribution in [-0.4, -0.2) is 7.11 Å². The van der Waals surface area contributed by atoms with Gasteiger partial charge in [-0.25, -0.2) is 0 Å². The van der Waals surface area contributed by atoms with Crippen LogP contribution >= 0.6 is 0 Å². The molecule has 0 amide bonds. The summed E-state index contributed by atoms with van der Waals surface area (Å²) in [5.74, 6) is 2.02. The van der Waals surface area contributed by atoms with Gasteiger partial charge in [0.15, 0.2) is 0 Å². The first-order chi connectivity index (χ1) is 10.2. The topological polar surface area (TPSA) is 21.3 Å². The van der Waals surface area contributed by atoms with Crippen molar-refractivity contribution in [1.82, 2.24) is 0 Å². The zero-order valence-electron chi connectivity index (χ0n) is 12.8. The second kappa shape index (κ2) is 4.52. The van der Waals surface area contributed by atoms with E-state index in [-0.39, 0.29) is 0 Å². The van der Waals surface area contributed by atoms with E-state index in [1.165, 1.54) is 27.9 Å². The molecule has 1 aliphatic heterocycles. The van der Waals surface area contributed by atoms with Gasteiger partial charge in [-0.1, -0.05) is 38.1 Å². The van der Waals surface area contributed by atoms with E-state index in [1.54, 1.807) is 7.11 Å². The van der Waals surface area contributed by atoms with Crippen molar-refractivity contribution >= 4 is 5.69 Å². The summed E-state index contributed by atoms with van der Waals surface area (Å²) in [5.41, 5.74) is 7.10. The number of anilines is 1. The summed E-state index contributed by atoms with van der Waals surface area (Å²) in [6, 6.07) is 13.7. The third kappa shape index (κ3) is 1.78. The highest BCUT2D eigenvalue weighted by molar-refractivity contribution is 5.70. The lowest BCUT2D eigenvalue weighted by molar-refractivity contribution is 0.413. The smallest absolute Gasteiger partial charge is 0.119 e. The van der Waals surface area contributed by atoms with Gasteiger partial charge in [-0.15, -0.1) is 0 Å². The Labute approximate surface area is 126 Å². The standard InChI is InChI=1S/C19H21NO/c1-11(2)15-9-13(21-3)10-17-16-8-12-6-4-5-7-14(12)18(16)20-19(15)17/h4-7,9-11,16,18,20H,8H2,1-3H3/t16-,18-/m0/s1. The van der Waals surface area contributed by atoms with E-state index in [2.05, 4.69) is 55.6 Å². The summed E-state index contributed by atoms with van der Waals surface area (Å²) in [4.78, 5) is 0. The molecule has 0 bridgehead atoms. The number of benzene rings is 2. The summed E-state index contributed by atoms with van der Waals surface area (Å²) in [6.07, 6.45) is 1.13. The maximum atomic E-state index is 5.53. The predicted octanol–water partition coefficient (Wildman–Crippen LogP) is 4.63. The molecule has 2 aromatic rings. The average molecular weight is 279 g/mol. The normalized spacial score (nSPS) is 21.7. The van der Waals surface area contributed by atoms with Crippen molar-refractivity contribution in [3.63, 3.8) is 0 Å². The number of hydrogen-bond donors (Lipinski definition) is 1. The highest BCUT2D eigenvalue weighted by atomic mass is 16.5. The first-order valence-electron chi connectivity index (χ1n) is 7.75. The highest BCUT2D eigenvalue weighted by Crippen LogP contribution is 2.54. The minimum absolute atomic E-state index is 0.431. The summed E-state index contributed by atoms with van der Waals surface area (Å²) >= 11 is 0. The van der Waals surface area contributed by atoms with Crippen LogP contribution in [0.5, 0.6) is 5.75 Å². The number of ether oxygens (including phenoxy) is 1. The van der Waals surface area contributed by atoms with Crippen LogP contribution in [0.15, 0.2) is 36.4 Å². The lowest BCUT2D eigenvalue weighted by atomic mass is 9.91. The van der Waals surface area contributed by atoms with Gasteiger partial charge in [0.2, 0.25) is 0 Å². The second-order valence-electron chi connectivity index (χ2n) is 6.47. The molecule has 1 aliphatic carbocycles. The van der Waals surface area contributed by atoms with Crippen molar-refractivity contribution in [3.8, 4) is 5.75 Å². The molecule has 0 fully saturated rings. The molecular formula is C19H21NO. The maximum Gasteiger partial charge on any atom is 0.119 e. The van der Waals surface area contributed by atoms with Crippen molar-refractivity contribution in [2.45, 2.75) is 38.1 Å². The molecule has 2 atom stereocenters. The van der Waals surface area contributed by atoms with Gasteiger partial charge in [0.25, 0.3) is 0 Å². The van der Waals surface area contributed by atoms with Crippen molar-refractivity contribution in [2.75, 3.05) is 12.4 Å². The van der Waals surface area contributed by atoms with Gasteiger partial charge in [0.1, 0.15) is 5.75 Å². The van der Waals surface area contributed by atoms with Crippen LogP contribution < -0.4 is 10.1 Å². The van der Waals surface area contributed by atoms with E-state index < -0.39 is 0 Å². The molecule has 0 saturated heterocycles. The van der Waals surface area contributed by atoms with Crippen molar-refractivity contribution in [1.29, 1.82) is 0 Å². The fourth-order valence-corrected chi connectivity index (χ4v) is 3.91. The van der Waals surface area contributed by atoms with Gasteiger partial charge in [0.05, 0.1) is 13.2 Å². The summed E-state index contributed by atoms with van der Waals surface area (Å²) in [7, 11) is 1.76. The number of methoxy groups -OCH3 is 1. The minimum atomic E-state index is 0.431. The van der Waals surface area contributed by atoms with E-state index >= 15 is 0 Å². The third-order valence-corrected chi connectivity index (χ3v) is 4.96. The van der Waals surface area contributed by atoms with Gasteiger partial charge < -0.3 is 10.1 Å². The lowest BCUT2D eigenvalue weighted by Crippen LogP contribution is -2.06. The predicted molar refractivity (Wildman–Crippen MR) is 86.3 cm³/mol. The molecule has 21 heavy (non-hydrogen) atoms. The Morgan fingerprint density at radius 3 is 2.71 bits per heavy atom. The van der Waals surface area contributed by atoms with Crippen molar-refractivity contribution in [3.05, 3.63) is 58.7 Å². The van der Waals surface area contributed by atoms with Gasteiger partial charge in [0, 0.05) is 11.6 Å². The number of nitrogens with one attached hydrogen (secondary N) is 1. The van der Waals surface area contributed by atoms with Gasteiger partial charge >= 0.3 is 0 Å². The number of hydrogen-bond acceptors (Lipinski definition) is 2. The molecule has 0 saturated carbocycles. The molecule has 2 heteroatoms. The van der Waals surface area contributed by atoms with E-state index in [1.807, 2.05) is 0 Å². The quantitative estimate of drug-likeness (QED) is 0.865. The first-order valence-corrected chi connectivity index (χ1v) is 7.75. The molecule has 2 aliphatic rings. The zero-order chi connectivity index (χ0) is 14.6. The fraction of sp³-hybridized carbons (Fsp3) is 0.368. The average Bonchev–Trinajstić information content (AvgIpc) is 3.02. The third-order valence-electron chi connectivity index (χ3n) is 4.96. The molecule has 0 aromatic heterocycles. The van der Waals surface area contributed by atoms with Crippen LogP contribution in [0.4, 0.5) is 5.69 Å². The zero-order valence-corrected chi connectivity index (χ0v) is 12.8. The molecule has 108 valence electrons. The Morgan fingerprint density at radius 2 is 1.95 bits per heavy atom. The van der Waals surface area contributed by atoms with Gasteiger partial charge in [-0.05, 0) is 46.7 Å². The van der Waals surface area contributed by atoms with Crippen LogP contribution in [0.1, 0.15) is 54.0 Å². The van der Waals surface area contributed by atoms with E-state index in [0.717, 1.165) is 12.2 Å². The Hall–Kier alpha value is -1.96. The molecule has 4 rings (SSSR count). The molecule has 1 heterocycles. The van der Waals surface area contributed by atoms with Crippen LogP contribution in [0.25, 0.3) is 0 Å². The van der Waals surface area contributed by atoms with E-state index in [0.29, 0.717) is 17.9 Å². The Kier molecular flexibility index (Phi) is 2.75. The van der Waals surface area contributed by atoms with Crippen molar-refractivity contribution < 1.29 is 4.74 Å². The van der Waals surface area contributed by atoms with Crippen LogP contribution in [0.2, 0.25) is 0 Å². The molecule has 0 spiro atoms.